The summed E-state index contributed by atoms with van der Waals surface area (Å²) >= 11 is 0. The number of amides is 1. The Morgan fingerprint density at radius 3 is 2.79 bits per heavy atom. The third kappa shape index (κ3) is 2.21. The van der Waals surface area contributed by atoms with Crippen molar-refractivity contribution < 1.29 is 9.90 Å². The zero-order valence-electron chi connectivity index (χ0n) is 11.2. The number of nitrogens with one attached hydrogen (secondary N) is 1. The van der Waals surface area contributed by atoms with Crippen molar-refractivity contribution in [2.24, 2.45) is 11.8 Å². The molecule has 2 N–H and O–H groups in total. The van der Waals surface area contributed by atoms with Gasteiger partial charge in [0.05, 0.1) is 6.04 Å². The first kappa shape index (κ1) is 12.5. The monoisotopic (exact) mass is 260 g/mol. The maximum atomic E-state index is 12.6. The van der Waals surface area contributed by atoms with E-state index in [1.54, 1.807) is 36.2 Å². The number of phenolic OH excluding ortho intramolecular Hbond substituents is 1. The Morgan fingerprint density at radius 1 is 1.32 bits per heavy atom. The van der Waals surface area contributed by atoms with Gasteiger partial charge in [-0.05, 0) is 55.5 Å². The summed E-state index contributed by atoms with van der Waals surface area (Å²) in [6.07, 6.45) is 3.67. The van der Waals surface area contributed by atoms with Crippen molar-refractivity contribution in [1.29, 1.82) is 0 Å². The van der Waals surface area contributed by atoms with E-state index in [4.69, 9.17) is 0 Å². The van der Waals surface area contributed by atoms with Crippen LogP contribution in [-0.4, -0.2) is 30.6 Å². The van der Waals surface area contributed by atoms with Gasteiger partial charge in [0.25, 0.3) is 0 Å². The van der Waals surface area contributed by atoms with Crippen LogP contribution in [0, 0.1) is 11.8 Å². The van der Waals surface area contributed by atoms with Crippen molar-refractivity contribution in [3.05, 3.63) is 24.3 Å². The molecule has 3 unspecified atom stereocenters. The average Bonchev–Trinajstić information content (AvgIpc) is 3.00. The normalized spacial score (nSPS) is 29.2. The second-order valence-corrected chi connectivity index (χ2v) is 5.65. The number of hydrogen-bond acceptors (Lipinski definition) is 3. The quantitative estimate of drug-likeness (QED) is 0.851. The van der Waals surface area contributed by atoms with Gasteiger partial charge in [0, 0.05) is 12.7 Å². The van der Waals surface area contributed by atoms with Gasteiger partial charge in [-0.3, -0.25) is 4.79 Å². The molecule has 3 atom stereocenters. The van der Waals surface area contributed by atoms with E-state index in [-0.39, 0.29) is 17.7 Å². The summed E-state index contributed by atoms with van der Waals surface area (Å²) in [6, 6.07) is 6.73. The standard InChI is InChI=1S/C15H20N2O2/c1-17(11-5-7-12(18)8-6-11)15(19)14-13-4-2-3-10(13)9-16-14/h5-8,10,13-14,16,18H,2-4,9H2,1H3. The molecule has 102 valence electrons. The second-order valence-electron chi connectivity index (χ2n) is 5.65. The fraction of sp³-hybridized carbons (Fsp3) is 0.533. The predicted octanol–water partition coefficient (Wildman–Crippen LogP) is 1.74. The van der Waals surface area contributed by atoms with E-state index in [9.17, 15) is 9.90 Å². The smallest absolute Gasteiger partial charge is 0.244 e. The summed E-state index contributed by atoms with van der Waals surface area (Å²) in [6.45, 7) is 0.977. The minimum Gasteiger partial charge on any atom is -0.508 e. The molecule has 0 radical (unpaired) electrons. The van der Waals surface area contributed by atoms with E-state index in [0.717, 1.165) is 18.7 Å². The number of nitrogens with zero attached hydrogens (tertiary/aromatic N) is 1. The number of carbonyl (C=O) groups is 1. The Bertz CT molecular complexity index is 472. The molecule has 4 heteroatoms. The first-order chi connectivity index (χ1) is 9.16. The van der Waals surface area contributed by atoms with Crippen molar-refractivity contribution >= 4 is 11.6 Å². The van der Waals surface area contributed by atoms with Gasteiger partial charge in [-0.15, -0.1) is 0 Å². The highest BCUT2D eigenvalue weighted by Gasteiger charge is 2.43. The molecule has 19 heavy (non-hydrogen) atoms. The summed E-state index contributed by atoms with van der Waals surface area (Å²) < 4.78 is 0. The Balaban J connectivity index is 1.74. The van der Waals surface area contributed by atoms with Crippen LogP contribution in [0.25, 0.3) is 0 Å². The summed E-state index contributed by atoms with van der Waals surface area (Å²) in [7, 11) is 1.80. The SMILES string of the molecule is CN(C(=O)C1NCC2CCCC21)c1ccc(O)cc1. The number of rotatable bonds is 2. The highest BCUT2D eigenvalue weighted by Crippen LogP contribution is 2.38. The number of phenols is 1. The molecule has 1 aromatic carbocycles. The number of anilines is 1. The van der Waals surface area contributed by atoms with Crippen LogP contribution in [0.15, 0.2) is 24.3 Å². The molecule has 4 nitrogen and oxygen atoms in total. The van der Waals surface area contributed by atoms with Crippen molar-refractivity contribution in [1.82, 2.24) is 5.32 Å². The van der Waals surface area contributed by atoms with Crippen LogP contribution < -0.4 is 10.2 Å². The Hall–Kier alpha value is -1.55. The van der Waals surface area contributed by atoms with Gasteiger partial charge in [0.2, 0.25) is 5.91 Å². The van der Waals surface area contributed by atoms with E-state index in [0.29, 0.717) is 11.8 Å². The van der Waals surface area contributed by atoms with Crippen LogP contribution in [0.4, 0.5) is 5.69 Å². The van der Waals surface area contributed by atoms with Crippen molar-refractivity contribution in [3.63, 3.8) is 0 Å². The maximum absolute atomic E-state index is 12.6. The van der Waals surface area contributed by atoms with Crippen LogP contribution >= 0.6 is 0 Å². The summed E-state index contributed by atoms with van der Waals surface area (Å²) in [5.74, 6) is 1.55. The molecule has 1 amide bonds. The maximum Gasteiger partial charge on any atom is 0.244 e. The Kier molecular flexibility index (Phi) is 3.19. The molecule has 1 heterocycles. The molecular weight excluding hydrogens is 240 g/mol. The van der Waals surface area contributed by atoms with Gasteiger partial charge in [0.1, 0.15) is 5.75 Å². The number of hydrogen-bond donors (Lipinski definition) is 2. The van der Waals surface area contributed by atoms with Gasteiger partial charge >= 0.3 is 0 Å². The van der Waals surface area contributed by atoms with Gasteiger partial charge in [-0.25, -0.2) is 0 Å². The highest BCUT2D eigenvalue weighted by atomic mass is 16.3. The molecule has 0 bridgehead atoms. The highest BCUT2D eigenvalue weighted by molar-refractivity contribution is 5.97. The Labute approximate surface area is 113 Å². The average molecular weight is 260 g/mol. The molecule has 1 saturated carbocycles. The third-order valence-corrected chi connectivity index (χ3v) is 4.58. The lowest BCUT2D eigenvalue weighted by Crippen LogP contribution is -2.44. The minimum absolute atomic E-state index is 0.0358. The summed E-state index contributed by atoms with van der Waals surface area (Å²) in [4.78, 5) is 14.3. The molecule has 0 spiro atoms. The van der Waals surface area contributed by atoms with E-state index >= 15 is 0 Å². The van der Waals surface area contributed by atoms with E-state index in [2.05, 4.69) is 5.32 Å². The number of benzene rings is 1. The largest absolute Gasteiger partial charge is 0.508 e. The van der Waals surface area contributed by atoms with Crippen molar-refractivity contribution in [2.75, 3.05) is 18.5 Å². The summed E-state index contributed by atoms with van der Waals surface area (Å²) in [5, 5.41) is 12.7. The summed E-state index contributed by atoms with van der Waals surface area (Å²) in [5.41, 5.74) is 0.825. The van der Waals surface area contributed by atoms with Gasteiger partial charge in [0.15, 0.2) is 0 Å². The van der Waals surface area contributed by atoms with Crippen LogP contribution in [0.5, 0.6) is 5.75 Å². The molecule has 2 fully saturated rings. The lowest BCUT2D eigenvalue weighted by molar-refractivity contribution is -0.120. The van der Waals surface area contributed by atoms with Crippen LogP contribution in [-0.2, 0) is 4.79 Å². The van der Waals surface area contributed by atoms with E-state index in [1.807, 2.05) is 0 Å². The van der Waals surface area contributed by atoms with Gasteiger partial charge in [-0.2, -0.15) is 0 Å². The third-order valence-electron chi connectivity index (χ3n) is 4.58. The molecule has 2 aliphatic rings. The number of carbonyl (C=O) groups excluding carboxylic acids is 1. The molecule has 3 rings (SSSR count). The fourth-order valence-corrected chi connectivity index (χ4v) is 3.47. The van der Waals surface area contributed by atoms with Crippen LogP contribution in [0.1, 0.15) is 19.3 Å². The predicted molar refractivity (Wildman–Crippen MR) is 74.1 cm³/mol. The lowest BCUT2D eigenvalue weighted by atomic mass is 9.93. The zero-order chi connectivity index (χ0) is 13.4. The number of likely N-dealkylation sites (N-methyl/N-ethyl adjacent to an activating group) is 1. The Morgan fingerprint density at radius 2 is 2.05 bits per heavy atom. The molecule has 1 aliphatic carbocycles. The lowest BCUT2D eigenvalue weighted by Gasteiger charge is -2.24. The number of aromatic hydroxyl groups is 1. The fourth-order valence-electron chi connectivity index (χ4n) is 3.47. The molecule has 1 aliphatic heterocycles. The van der Waals surface area contributed by atoms with Crippen molar-refractivity contribution in [2.45, 2.75) is 25.3 Å². The molecule has 1 saturated heterocycles. The topological polar surface area (TPSA) is 52.6 Å². The van der Waals surface area contributed by atoms with Crippen molar-refractivity contribution in [3.8, 4) is 5.75 Å². The molecule has 0 aromatic heterocycles. The van der Waals surface area contributed by atoms with Gasteiger partial charge in [-0.1, -0.05) is 6.42 Å². The van der Waals surface area contributed by atoms with E-state index < -0.39 is 0 Å². The minimum atomic E-state index is -0.0358. The number of fused-ring (bicyclic) bond motifs is 1. The van der Waals surface area contributed by atoms with Crippen LogP contribution in [0.2, 0.25) is 0 Å². The second kappa shape index (κ2) is 4.85. The zero-order valence-corrected chi connectivity index (χ0v) is 11.2. The first-order valence-electron chi connectivity index (χ1n) is 6.97. The molecule has 1 aromatic rings. The molecular formula is C15H20N2O2. The van der Waals surface area contributed by atoms with Crippen LogP contribution in [0.3, 0.4) is 0 Å². The van der Waals surface area contributed by atoms with Gasteiger partial charge < -0.3 is 15.3 Å². The first-order valence-corrected chi connectivity index (χ1v) is 6.97. The van der Waals surface area contributed by atoms with E-state index in [1.165, 1.54) is 12.8 Å².